The summed E-state index contributed by atoms with van der Waals surface area (Å²) in [6.45, 7) is 0. The Morgan fingerprint density at radius 2 is 1.15 bits per heavy atom. The third-order valence-electron chi connectivity index (χ3n) is 7.44. The lowest BCUT2D eigenvalue weighted by Crippen LogP contribution is -1.98. The first-order valence-electron chi connectivity index (χ1n) is 13.1. The molecule has 4 nitrogen and oxygen atoms in total. The molecule has 8 aromatic rings. The number of fused-ring (bicyclic) bond motifs is 6. The monoisotopic (exact) mass is 533 g/mol. The van der Waals surface area contributed by atoms with E-state index >= 15 is 0 Å². The molecule has 0 N–H and O–H groups in total. The minimum absolute atomic E-state index is 0.142. The third-order valence-corrected chi connectivity index (χ3v) is 7.61. The van der Waals surface area contributed by atoms with Gasteiger partial charge in [0.05, 0.1) is 0 Å². The van der Waals surface area contributed by atoms with Gasteiger partial charge in [0.15, 0.2) is 11.6 Å². The molecule has 6 aromatic carbocycles. The lowest BCUT2D eigenvalue weighted by Gasteiger charge is -2.12. The quantitative estimate of drug-likeness (QED) is 0.227. The molecule has 0 amide bonds. The van der Waals surface area contributed by atoms with Gasteiger partial charge < -0.3 is 4.42 Å². The number of hydrogen-bond acceptors (Lipinski definition) is 4. The first-order chi connectivity index (χ1) is 19.7. The molecule has 0 saturated heterocycles. The van der Waals surface area contributed by atoms with Crippen molar-refractivity contribution in [3.63, 3.8) is 0 Å². The molecule has 2 aromatic heterocycles. The van der Waals surface area contributed by atoms with Gasteiger partial charge in [0.1, 0.15) is 11.2 Å². The van der Waals surface area contributed by atoms with Crippen molar-refractivity contribution in [1.82, 2.24) is 15.0 Å². The molecule has 40 heavy (non-hydrogen) atoms. The van der Waals surface area contributed by atoms with Crippen molar-refractivity contribution in [1.29, 1.82) is 0 Å². The maximum Gasteiger partial charge on any atom is 0.226 e. The zero-order valence-electron chi connectivity index (χ0n) is 21.2. The molecule has 0 unspecified atom stereocenters. The van der Waals surface area contributed by atoms with Crippen molar-refractivity contribution in [2.45, 2.75) is 0 Å². The van der Waals surface area contributed by atoms with E-state index in [0.717, 1.165) is 60.4 Å². The number of aromatic nitrogens is 3. The van der Waals surface area contributed by atoms with E-state index in [1.807, 2.05) is 60.7 Å². The van der Waals surface area contributed by atoms with E-state index in [2.05, 4.69) is 70.6 Å². The zero-order chi connectivity index (χ0) is 26.6. The largest absolute Gasteiger partial charge is 0.456 e. The number of nitrogens with zero attached hydrogens (tertiary/aromatic N) is 3. The van der Waals surface area contributed by atoms with Crippen molar-refractivity contribution in [3.8, 4) is 33.9 Å². The first-order valence-corrected chi connectivity index (χ1v) is 13.4. The van der Waals surface area contributed by atoms with E-state index in [-0.39, 0.29) is 5.28 Å². The smallest absolute Gasteiger partial charge is 0.226 e. The van der Waals surface area contributed by atoms with Gasteiger partial charge in [-0.1, -0.05) is 97.1 Å². The second-order valence-corrected chi connectivity index (χ2v) is 10.1. The van der Waals surface area contributed by atoms with Gasteiger partial charge in [-0.15, -0.1) is 0 Å². The molecule has 188 valence electrons. The summed E-state index contributed by atoms with van der Waals surface area (Å²) in [7, 11) is 0. The summed E-state index contributed by atoms with van der Waals surface area (Å²) in [4.78, 5) is 14.1. The molecule has 2 heterocycles. The Kier molecular flexibility index (Phi) is 5.15. The Balaban J connectivity index is 1.38. The molecule has 0 radical (unpaired) electrons. The van der Waals surface area contributed by atoms with E-state index in [0.29, 0.717) is 11.6 Å². The highest BCUT2D eigenvalue weighted by atomic mass is 35.5. The highest BCUT2D eigenvalue weighted by Crippen LogP contribution is 2.40. The standard InChI is InChI=1S/C35H20ClN3O/c36-35-38-33(23-18-22-12-4-5-13-24(22)28(19-23)21-10-2-1-3-11-21)37-34(39-35)29-20-31-32(26-15-7-6-14-25(26)29)27-16-8-9-17-30(27)40-31/h1-20H. The number of rotatable bonds is 3. The van der Waals surface area contributed by atoms with E-state index in [1.54, 1.807) is 0 Å². The molecule has 8 rings (SSSR count). The lowest BCUT2D eigenvalue weighted by atomic mass is 9.95. The number of hydrogen-bond donors (Lipinski definition) is 0. The van der Waals surface area contributed by atoms with Crippen molar-refractivity contribution in [3.05, 3.63) is 127 Å². The molecule has 5 heteroatoms. The predicted octanol–water partition coefficient (Wildman–Crippen LogP) is 9.73. The molecule has 0 atom stereocenters. The topological polar surface area (TPSA) is 51.8 Å². The van der Waals surface area contributed by atoms with Crippen molar-refractivity contribution < 1.29 is 4.42 Å². The van der Waals surface area contributed by atoms with E-state index < -0.39 is 0 Å². The summed E-state index contributed by atoms with van der Waals surface area (Å²) < 4.78 is 6.28. The summed E-state index contributed by atoms with van der Waals surface area (Å²) >= 11 is 6.57. The predicted molar refractivity (Wildman–Crippen MR) is 163 cm³/mol. The summed E-state index contributed by atoms with van der Waals surface area (Å²) in [5, 5.41) is 6.68. The van der Waals surface area contributed by atoms with Crippen LogP contribution in [-0.2, 0) is 0 Å². The van der Waals surface area contributed by atoms with Gasteiger partial charge >= 0.3 is 0 Å². The van der Waals surface area contributed by atoms with Gasteiger partial charge in [0.2, 0.25) is 5.28 Å². The summed E-state index contributed by atoms with van der Waals surface area (Å²) in [6, 6.07) is 41.3. The number of para-hydroxylation sites is 1. The van der Waals surface area contributed by atoms with Crippen molar-refractivity contribution >= 4 is 55.1 Å². The Morgan fingerprint density at radius 3 is 2.00 bits per heavy atom. The SMILES string of the molecule is Clc1nc(-c2cc(-c3ccccc3)c3ccccc3c2)nc(-c2cc3oc4ccccc4c3c3ccccc23)n1. The fourth-order valence-corrected chi connectivity index (χ4v) is 5.83. The van der Waals surface area contributed by atoms with Crippen LogP contribution in [0.3, 0.4) is 0 Å². The van der Waals surface area contributed by atoms with Gasteiger partial charge in [-0.2, -0.15) is 9.97 Å². The first kappa shape index (κ1) is 22.9. The average Bonchev–Trinajstić information content (AvgIpc) is 3.39. The van der Waals surface area contributed by atoms with Crippen LogP contribution in [0, 0.1) is 0 Å². The Hall–Kier alpha value is -5.06. The molecule has 0 spiro atoms. The Morgan fingerprint density at radius 1 is 0.475 bits per heavy atom. The number of furan rings is 1. The molecule has 0 bridgehead atoms. The van der Waals surface area contributed by atoms with Gasteiger partial charge in [0.25, 0.3) is 0 Å². The number of halogens is 1. The lowest BCUT2D eigenvalue weighted by molar-refractivity contribution is 0.669. The second-order valence-electron chi connectivity index (χ2n) is 9.80. The zero-order valence-corrected chi connectivity index (χ0v) is 21.9. The van der Waals surface area contributed by atoms with Crippen molar-refractivity contribution in [2.75, 3.05) is 0 Å². The molecule has 0 aliphatic heterocycles. The molecular formula is C35H20ClN3O. The Bertz CT molecular complexity index is 2240. The van der Waals surface area contributed by atoms with Crippen LogP contribution >= 0.6 is 11.6 Å². The van der Waals surface area contributed by atoms with Crippen LogP contribution in [0.1, 0.15) is 0 Å². The van der Waals surface area contributed by atoms with Gasteiger partial charge in [-0.3, -0.25) is 0 Å². The van der Waals surface area contributed by atoms with Crippen LogP contribution in [0.4, 0.5) is 0 Å². The highest BCUT2D eigenvalue weighted by molar-refractivity contribution is 6.28. The van der Waals surface area contributed by atoms with Crippen LogP contribution in [0.15, 0.2) is 126 Å². The van der Waals surface area contributed by atoms with E-state index in [1.165, 1.54) is 5.39 Å². The molecule has 0 aliphatic carbocycles. The molecule has 0 aliphatic rings. The third kappa shape index (κ3) is 3.65. The summed E-state index contributed by atoms with van der Waals surface area (Å²) in [6.07, 6.45) is 0. The average molecular weight is 534 g/mol. The number of benzene rings is 6. The molecule has 0 fully saturated rings. The van der Waals surface area contributed by atoms with Gasteiger partial charge in [-0.05, 0) is 68.5 Å². The fourth-order valence-electron chi connectivity index (χ4n) is 5.67. The maximum atomic E-state index is 6.57. The van der Waals surface area contributed by atoms with Crippen molar-refractivity contribution in [2.24, 2.45) is 0 Å². The normalized spacial score (nSPS) is 11.6. The van der Waals surface area contributed by atoms with Crippen LogP contribution in [0.2, 0.25) is 5.28 Å². The van der Waals surface area contributed by atoms with E-state index in [9.17, 15) is 0 Å². The summed E-state index contributed by atoms with van der Waals surface area (Å²) in [5.41, 5.74) is 5.58. The minimum atomic E-state index is 0.142. The van der Waals surface area contributed by atoms with Gasteiger partial charge in [0, 0.05) is 21.9 Å². The van der Waals surface area contributed by atoms with Crippen LogP contribution in [0.25, 0.3) is 77.4 Å². The molecular weight excluding hydrogens is 514 g/mol. The summed E-state index contributed by atoms with van der Waals surface area (Å²) in [5.74, 6) is 1.02. The van der Waals surface area contributed by atoms with Crippen LogP contribution < -0.4 is 0 Å². The Labute approximate surface area is 234 Å². The van der Waals surface area contributed by atoms with E-state index in [4.69, 9.17) is 21.0 Å². The highest BCUT2D eigenvalue weighted by Gasteiger charge is 2.18. The van der Waals surface area contributed by atoms with Crippen LogP contribution in [0.5, 0.6) is 0 Å². The minimum Gasteiger partial charge on any atom is -0.456 e. The second kappa shape index (κ2) is 9.01. The fraction of sp³-hybridized carbons (Fsp3) is 0. The molecule has 0 saturated carbocycles. The maximum absolute atomic E-state index is 6.57. The van der Waals surface area contributed by atoms with Crippen LogP contribution in [-0.4, -0.2) is 15.0 Å². The van der Waals surface area contributed by atoms with Gasteiger partial charge in [-0.25, -0.2) is 4.98 Å².